The molecule has 0 aliphatic heterocycles. The molecule has 0 bridgehead atoms. The Balaban J connectivity index is 2.06. The summed E-state index contributed by atoms with van der Waals surface area (Å²) in [4.78, 5) is 11.3. The second-order valence-electron chi connectivity index (χ2n) is 5.41. The Hall–Kier alpha value is -1.35. The molecule has 0 spiro atoms. The fourth-order valence-electron chi connectivity index (χ4n) is 1.68. The first kappa shape index (κ1) is 12.1. The van der Waals surface area contributed by atoms with E-state index in [0.717, 1.165) is 5.75 Å². The van der Waals surface area contributed by atoms with E-state index in [9.17, 15) is 4.79 Å². The highest BCUT2D eigenvalue weighted by molar-refractivity contribution is 5.71. The molecule has 0 radical (unpaired) electrons. The largest absolute Gasteiger partial charge is 0.492 e. The third kappa shape index (κ3) is 2.86. The predicted molar refractivity (Wildman–Crippen MR) is 65.6 cm³/mol. The molecule has 0 atom stereocenters. The molecule has 1 aliphatic carbocycles. The number of carbonyl (C=O) groups excluding carboxylic acids is 1. The Morgan fingerprint density at radius 2 is 2.06 bits per heavy atom. The minimum Gasteiger partial charge on any atom is -0.492 e. The van der Waals surface area contributed by atoms with E-state index in [1.54, 1.807) is 0 Å². The maximum Gasteiger partial charge on any atom is 0.317 e. The van der Waals surface area contributed by atoms with Crippen LogP contribution < -0.4 is 10.5 Å². The molecule has 3 heteroatoms. The van der Waals surface area contributed by atoms with Gasteiger partial charge in [0.1, 0.15) is 17.8 Å². The average molecular weight is 234 g/mol. The van der Waals surface area contributed by atoms with Gasteiger partial charge in [-0.05, 0) is 44.2 Å². The summed E-state index contributed by atoms with van der Waals surface area (Å²) in [6.07, 6.45) is 2.50. The lowest BCUT2D eigenvalue weighted by atomic mass is 9.94. The zero-order chi connectivity index (χ0) is 12.5. The van der Waals surface area contributed by atoms with Crippen LogP contribution in [0.5, 0.6) is 5.75 Å². The molecule has 92 valence electrons. The molecule has 1 fully saturated rings. The summed E-state index contributed by atoms with van der Waals surface area (Å²) in [7, 11) is 0. The molecule has 0 saturated heterocycles. The second-order valence-corrected chi connectivity index (χ2v) is 5.41. The smallest absolute Gasteiger partial charge is 0.317 e. The number of quaternary nitrogens is 1. The van der Waals surface area contributed by atoms with Crippen molar-refractivity contribution in [2.75, 3.05) is 6.61 Å². The average Bonchev–Trinajstić information content (AvgIpc) is 3.10. The number of amides is 1. The molecular formula is C14H20NO2+. The minimum absolute atomic E-state index is 0.0820. The molecule has 17 heavy (non-hydrogen) atoms. The van der Waals surface area contributed by atoms with Crippen LogP contribution in [0.25, 0.3) is 0 Å². The lowest BCUT2D eigenvalue weighted by molar-refractivity contribution is -0.318. The van der Waals surface area contributed by atoms with Crippen molar-refractivity contribution in [1.82, 2.24) is 0 Å². The highest BCUT2D eigenvalue weighted by atomic mass is 16.5. The quantitative estimate of drug-likeness (QED) is 0.843. The van der Waals surface area contributed by atoms with Crippen molar-refractivity contribution < 1.29 is 15.3 Å². The van der Waals surface area contributed by atoms with Crippen LogP contribution in [0.2, 0.25) is 0 Å². The van der Waals surface area contributed by atoms with E-state index >= 15 is 0 Å². The van der Waals surface area contributed by atoms with Crippen LogP contribution >= 0.6 is 0 Å². The Morgan fingerprint density at radius 1 is 1.41 bits per heavy atom. The van der Waals surface area contributed by atoms with Gasteiger partial charge >= 0.3 is 5.91 Å². The lowest BCUT2D eigenvalue weighted by Crippen LogP contribution is -2.64. The first-order chi connectivity index (χ1) is 8.00. The van der Waals surface area contributed by atoms with E-state index in [2.05, 4.69) is 11.8 Å². The number of ether oxygens (including phenoxy) is 1. The zero-order valence-electron chi connectivity index (χ0n) is 10.5. The fourth-order valence-corrected chi connectivity index (χ4v) is 1.68. The zero-order valence-corrected chi connectivity index (χ0v) is 10.5. The second kappa shape index (κ2) is 4.49. The summed E-state index contributed by atoms with van der Waals surface area (Å²) in [5, 5.41) is 0. The molecule has 1 aliphatic rings. The fraction of sp³-hybridized carbons (Fsp3) is 0.500. The van der Waals surface area contributed by atoms with Crippen LogP contribution in [0.1, 0.15) is 38.2 Å². The number of para-hydroxylation sites is 1. The van der Waals surface area contributed by atoms with E-state index < -0.39 is 5.41 Å². The number of hydrogen-bond acceptors (Lipinski definition) is 2. The SMILES string of the molecule is CC(C)(COc1ccccc1C1CC1)C([NH3+])=O. The van der Waals surface area contributed by atoms with E-state index in [4.69, 9.17) is 4.74 Å². The lowest BCUT2D eigenvalue weighted by Gasteiger charge is -2.19. The van der Waals surface area contributed by atoms with Gasteiger partial charge in [-0.3, -0.25) is 5.73 Å². The minimum atomic E-state index is -0.517. The van der Waals surface area contributed by atoms with Crippen molar-refractivity contribution in [3.8, 4) is 5.75 Å². The van der Waals surface area contributed by atoms with Crippen molar-refractivity contribution in [3.05, 3.63) is 29.8 Å². The number of hydrogen-bond donors (Lipinski definition) is 1. The summed E-state index contributed by atoms with van der Waals surface area (Å²) in [5.41, 5.74) is 4.23. The maximum atomic E-state index is 11.3. The van der Waals surface area contributed by atoms with Gasteiger partial charge < -0.3 is 4.74 Å². The van der Waals surface area contributed by atoms with Crippen LogP contribution in [0.15, 0.2) is 24.3 Å². The van der Waals surface area contributed by atoms with Gasteiger partial charge in [0, 0.05) is 0 Å². The van der Waals surface area contributed by atoms with Crippen molar-refractivity contribution in [2.45, 2.75) is 32.6 Å². The van der Waals surface area contributed by atoms with Gasteiger partial charge in [0.25, 0.3) is 0 Å². The van der Waals surface area contributed by atoms with Crippen LogP contribution in [0.4, 0.5) is 0 Å². The summed E-state index contributed by atoms with van der Waals surface area (Å²) >= 11 is 0. The summed E-state index contributed by atoms with van der Waals surface area (Å²) in [6.45, 7) is 4.11. The highest BCUT2D eigenvalue weighted by Gasteiger charge is 2.31. The van der Waals surface area contributed by atoms with Gasteiger partial charge in [0.2, 0.25) is 0 Å². The van der Waals surface area contributed by atoms with E-state index in [0.29, 0.717) is 12.5 Å². The van der Waals surface area contributed by atoms with Gasteiger partial charge in [-0.1, -0.05) is 18.2 Å². The standard InChI is InChI=1S/C14H19NO2/c1-14(2,13(15)16)9-17-12-6-4-3-5-11(12)10-7-8-10/h3-6,10H,7-9H2,1-2H3,(H2,15,16)/p+1. The molecule has 2 rings (SSSR count). The topological polar surface area (TPSA) is 53.9 Å². The Bertz CT molecular complexity index is 422. The van der Waals surface area contributed by atoms with E-state index in [1.807, 2.05) is 32.0 Å². The molecule has 3 N–H and O–H groups in total. The van der Waals surface area contributed by atoms with Crippen molar-refractivity contribution >= 4 is 5.91 Å². The molecule has 0 heterocycles. The van der Waals surface area contributed by atoms with Crippen LogP contribution in [-0.4, -0.2) is 12.5 Å². The molecule has 1 amide bonds. The van der Waals surface area contributed by atoms with Crippen molar-refractivity contribution in [3.63, 3.8) is 0 Å². The van der Waals surface area contributed by atoms with Gasteiger partial charge in [-0.15, -0.1) is 0 Å². The van der Waals surface area contributed by atoms with Crippen molar-refractivity contribution in [1.29, 1.82) is 0 Å². The van der Waals surface area contributed by atoms with Crippen LogP contribution in [-0.2, 0) is 4.79 Å². The molecule has 0 aromatic heterocycles. The molecule has 3 nitrogen and oxygen atoms in total. The van der Waals surface area contributed by atoms with E-state index in [1.165, 1.54) is 18.4 Å². The van der Waals surface area contributed by atoms with Crippen LogP contribution in [0, 0.1) is 5.41 Å². The highest BCUT2D eigenvalue weighted by Crippen LogP contribution is 2.44. The molecular weight excluding hydrogens is 214 g/mol. The monoisotopic (exact) mass is 234 g/mol. The Morgan fingerprint density at radius 3 is 2.65 bits per heavy atom. The van der Waals surface area contributed by atoms with E-state index in [-0.39, 0.29) is 5.91 Å². The van der Waals surface area contributed by atoms with Crippen LogP contribution in [0.3, 0.4) is 0 Å². The number of rotatable bonds is 5. The molecule has 1 saturated carbocycles. The number of carbonyl (C=O) groups is 1. The third-order valence-electron chi connectivity index (χ3n) is 3.28. The Labute approximate surface area is 102 Å². The third-order valence-corrected chi connectivity index (χ3v) is 3.28. The van der Waals surface area contributed by atoms with Gasteiger partial charge in [-0.25, -0.2) is 4.79 Å². The number of benzene rings is 1. The first-order valence-corrected chi connectivity index (χ1v) is 6.09. The van der Waals surface area contributed by atoms with Gasteiger partial charge in [-0.2, -0.15) is 0 Å². The molecule has 0 unspecified atom stereocenters. The summed E-state index contributed by atoms with van der Waals surface area (Å²) < 4.78 is 5.80. The predicted octanol–water partition coefficient (Wildman–Crippen LogP) is 1.74. The van der Waals surface area contributed by atoms with Gasteiger partial charge in [0.15, 0.2) is 0 Å². The van der Waals surface area contributed by atoms with Crippen molar-refractivity contribution in [2.24, 2.45) is 5.41 Å². The molecule has 1 aromatic carbocycles. The normalized spacial score (nSPS) is 15.7. The summed E-state index contributed by atoms with van der Waals surface area (Å²) in [5.74, 6) is 1.50. The van der Waals surface area contributed by atoms with Gasteiger partial charge in [0.05, 0.1) is 0 Å². The first-order valence-electron chi connectivity index (χ1n) is 6.09. The molecule has 1 aromatic rings. The maximum absolute atomic E-state index is 11.3. The summed E-state index contributed by atoms with van der Waals surface area (Å²) in [6, 6.07) is 8.11. The Kier molecular flexibility index (Phi) is 3.20.